The van der Waals surface area contributed by atoms with Crippen molar-refractivity contribution in [2.75, 3.05) is 7.11 Å². The zero-order chi connectivity index (χ0) is 16.3. The van der Waals surface area contributed by atoms with E-state index >= 15 is 0 Å². The Morgan fingerprint density at radius 1 is 1.32 bits per heavy atom. The minimum Gasteiger partial charge on any atom is -0.495 e. The van der Waals surface area contributed by atoms with E-state index in [1.165, 1.54) is 36.6 Å². The van der Waals surface area contributed by atoms with Crippen LogP contribution in [0.2, 0.25) is 5.02 Å². The summed E-state index contributed by atoms with van der Waals surface area (Å²) >= 11 is 10.3. The van der Waals surface area contributed by atoms with Gasteiger partial charge in [0.05, 0.1) is 25.7 Å². The van der Waals surface area contributed by atoms with Crippen molar-refractivity contribution in [3.8, 4) is 5.75 Å². The maximum absolute atomic E-state index is 12.1. The first-order valence-electron chi connectivity index (χ1n) is 5.74. The number of ether oxygens (including phenoxy) is 1. The van der Waals surface area contributed by atoms with Gasteiger partial charge in [0.25, 0.3) is 15.9 Å². The highest BCUT2D eigenvalue weighted by Gasteiger charge is 2.18. The van der Waals surface area contributed by atoms with Gasteiger partial charge in [0.2, 0.25) is 0 Å². The van der Waals surface area contributed by atoms with E-state index in [0.29, 0.717) is 10.6 Å². The molecule has 0 fully saturated rings. The number of sulfonamides is 1. The zero-order valence-electron chi connectivity index (χ0n) is 11.1. The molecule has 2 aromatic rings. The minimum atomic E-state index is -3.93. The van der Waals surface area contributed by atoms with E-state index in [1.807, 2.05) is 4.83 Å². The molecule has 1 amide bonds. The zero-order valence-corrected chi connectivity index (χ0v) is 15.1. The summed E-state index contributed by atoms with van der Waals surface area (Å²) in [6, 6.07) is 7.24. The second-order valence-corrected chi connectivity index (χ2v) is 8.51. The van der Waals surface area contributed by atoms with Crippen molar-refractivity contribution in [3.63, 3.8) is 0 Å². The number of nitrogens with one attached hydrogen (secondary N) is 2. The van der Waals surface area contributed by atoms with Gasteiger partial charge in [-0.2, -0.15) is 0 Å². The van der Waals surface area contributed by atoms with Gasteiger partial charge in [-0.15, -0.1) is 16.2 Å². The third-order valence-corrected chi connectivity index (χ3v) is 5.69. The van der Waals surface area contributed by atoms with Crippen molar-refractivity contribution in [3.05, 3.63) is 44.0 Å². The fourth-order valence-corrected chi connectivity index (χ4v) is 3.95. The molecule has 0 unspecified atom stereocenters. The van der Waals surface area contributed by atoms with Crippen LogP contribution in [0.25, 0.3) is 0 Å². The van der Waals surface area contributed by atoms with Crippen LogP contribution in [0.5, 0.6) is 5.75 Å². The summed E-state index contributed by atoms with van der Waals surface area (Å²) in [5.74, 6) is -0.202. The predicted octanol–water partition coefficient (Wildman–Crippen LogP) is 2.80. The molecule has 0 radical (unpaired) electrons. The van der Waals surface area contributed by atoms with E-state index in [9.17, 15) is 13.2 Å². The second-order valence-electron chi connectivity index (χ2n) is 3.96. The van der Waals surface area contributed by atoms with Crippen LogP contribution in [0.4, 0.5) is 0 Å². The molecule has 2 N–H and O–H groups in total. The number of methoxy groups -OCH3 is 1. The normalized spacial score (nSPS) is 11.2. The Bertz CT molecular complexity index is 807. The summed E-state index contributed by atoms with van der Waals surface area (Å²) in [7, 11) is -2.51. The number of hydrazine groups is 1. The number of halogens is 2. The number of benzene rings is 1. The molecular formula is C12H10BrClN2O4S2. The predicted molar refractivity (Wildman–Crippen MR) is 87.8 cm³/mol. The standard InChI is InChI=1S/C12H10BrClN2O4S2/c1-20-9-3-2-7(6-8(9)14)22(18,19)16-15-12(17)10-4-5-11(13)21-10/h2-6,16H,1H3,(H,15,17). The monoisotopic (exact) mass is 424 g/mol. The minimum absolute atomic E-state index is 0.0917. The topological polar surface area (TPSA) is 84.5 Å². The fraction of sp³-hybridized carbons (Fsp3) is 0.0833. The molecule has 1 heterocycles. The van der Waals surface area contributed by atoms with E-state index in [-0.39, 0.29) is 9.92 Å². The van der Waals surface area contributed by atoms with Crippen LogP contribution in [-0.4, -0.2) is 21.4 Å². The van der Waals surface area contributed by atoms with Crippen molar-refractivity contribution >= 4 is 54.8 Å². The molecular weight excluding hydrogens is 416 g/mol. The molecule has 0 saturated carbocycles. The highest BCUT2D eigenvalue weighted by Crippen LogP contribution is 2.26. The van der Waals surface area contributed by atoms with Crippen LogP contribution in [0.1, 0.15) is 9.67 Å². The highest BCUT2D eigenvalue weighted by atomic mass is 79.9. The van der Waals surface area contributed by atoms with Crippen molar-refractivity contribution in [1.82, 2.24) is 10.3 Å². The van der Waals surface area contributed by atoms with Crippen LogP contribution in [0.15, 0.2) is 39.0 Å². The van der Waals surface area contributed by atoms with Gasteiger partial charge in [0.15, 0.2) is 0 Å². The largest absolute Gasteiger partial charge is 0.495 e. The van der Waals surface area contributed by atoms with E-state index < -0.39 is 15.9 Å². The third kappa shape index (κ3) is 3.99. The molecule has 0 aliphatic heterocycles. The van der Waals surface area contributed by atoms with Gasteiger partial charge in [-0.25, -0.2) is 8.42 Å². The van der Waals surface area contributed by atoms with E-state index in [0.717, 1.165) is 3.79 Å². The second kappa shape index (κ2) is 6.97. The number of carbonyl (C=O) groups is 1. The molecule has 0 spiro atoms. The fourth-order valence-electron chi connectivity index (χ4n) is 1.48. The lowest BCUT2D eigenvalue weighted by molar-refractivity contribution is 0.0949. The number of carbonyl (C=O) groups excluding carboxylic acids is 1. The van der Waals surface area contributed by atoms with Gasteiger partial charge in [0.1, 0.15) is 5.75 Å². The van der Waals surface area contributed by atoms with Crippen LogP contribution in [0, 0.1) is 0 Å². The molecule has 2 rings (SSSR count). The van der Waals surface area contributed by atoms with Crippen molar-refractivity contribution in [1.29, 1.82) is 0 Å². The highest BCUT2D eigenvalue weighted by molar-refractivity contribution is 9.11. The van der Waals surface area contributed by atoms with Crippen LogP contribution in [0.3, 0.4) is 0 Å². The quantitative estimate of drug-likeness (QED) is 0.722. The lowest BCUT2D eigenvalue weighted by Gasteiger charge is -2.09. The number of hydrogen-bond acceptors (Lipinski definition) is 5. The van der Waals surface area contributed by atoms with Crippen LogP contribution < -0.4 is 15.0 Å². The first-order valence-corrected chi connectivity index (χ1v) is 9.21. The number of rotatable bonds is 5. The van der Waals surface area contributed by atoms with Gasteiger partial charge in [-0.05, 0) is 46.3 Å². The van der Waals surface area contributed by atoms with Crippen LogP contribution in [-0.2, 0) is 10.0 Å². The van der Waals surface area contributed by atoms with Gasteiger partial charge in [-0.3, -0.25) is 10.2 Å². The van der Waals surface area contributed by atoms with E-state index in [4.69, 9.17) is 16.3 Å². The summed E-state index contributed by atoms with van der Waals surface area (Å²) in [5.41, 5.74) is 2.14. The van der Waals surface area contributed by atoms with Crippen molar-refractivity contribution in [2.45, 2.75) is 4.90 Å². The van der Waals surface area contributed by atoms with Gasteiger partial charge in [0, 0.05) is 0 Å². The Morgan fingerprint density at radius 3 is 2.59 bits per heavy atom. The first-order chi connectivity index (χ1) is 10.3. The van der Waals surface area contributed by atoms with Crippen LogP contribution >= 0.6 is 38.9 Å². The van der Waals surface area contributed by atoms with E-state index in [1.54, 1.807) is 12.1 Å². The van der Waals surface area contributed by atoms with Gasteiger partial charge in [-0.1, -0.05) is 11.6 Å². The molecule has 0 saturated heterocycles. The molecule has 0 aliphatic carbocycles. The number of amides is 1. The molecule has 1 aromatic heterocycles. The smallest absolute Gasteiger partial charge is 0.276 e. The van der Waals surface area contributed by atoms with E-state index in [2.05, 4.69) is 21.4 Å². The lowest BCUT2D eigenvalue weighted by atomic mass is 10.3. The summed E-state index contributed by atoms with van der Waals surface area (Å²) in [4.78, 5) is 14.1. The molecule has 0 bridgehead atoms. The molecule has 10 heteroatoms. The SMILES string of the molecule is COc1ccc(S(=O)(=O)NNC(=O)c2ccc(Br)s2)cc1Cl. The summed E-state index contributed by atoms with van der Waals surface area (Å²) in [6.07, 6.45) is 0. The maximum atomic E-state index is 12.1. The molecule has 1 aromatic carbocycles. The molecule has 0 atom stereocenters. The Morgan fingerprint density at radius 2 is 2.05 bits per heavy atom. The number of hydrogen-bond donors (Lipinski definition) is 2. The Hall–Kier alpha value is -1.13. The summed E-state index contributed by atoms with van der Waals surface area (Å²) in [5, 5.41) is 0.152. The molecule has 6 nitrogen and oxygen atoms in total. The number of thiophene rings is 1. The van der Waals surface area contributed by atoms with Gasteiger partial charge >= 0.3 is 0 Å². The Labute approximate surface area is 144 Å². The van der Waals surface area contributed by atoms with Crippen molar-refractivity contribution < 1.29 is 17.9 Å². The molecule has 0 aliphatic rings. The summed E-state index contributed by atoms with van der Waals surface area (Å²) < 4.78 is 29.9. The lowest BCUT2D eigenvalue weighted by Crippen LogP contribution is -2.41. The van der Waals surface area contributed by atoms with Crippen molar-refractivity contribution in [2.24, 2.45) is 0 Å². The average molecular weight is 426 g/mol. The molecule has 118 valence electrons. The Kier molecular flexibility index (Phi) is 5.45. The maximum Gasteiger partial charge on any atom is 0.276 e. The summed E-state index contributed by atoms with van der Waals surface area (Å²) in [6.45, 7) is 0. The Balaban J connectivity index is 2.11. The van der Waals surface area contributed by atoms with Gasteiger partial charge < -0.3 is 4.74 Å². The third-order valence-electron chi connectivity index (χ3n) is 2.53. The first kappa shape index (κ1) is 17.2. The molecule has 22 heavy (non-hydrogen) atoms. The average Bonchev–Trinajstić information content (AvgIpc) is 2.91.